The molecule has 0 saturated heterocycles. The molecule has 0 aromatic heterocycles. The largest absolute Gasteiger partial charge is 0.388 e. The number of hydrogen-bond acceptors (Lipinski definition) is 2. The minimum atomic E-state index is -0.476. The maximum Gasteiger partial charge on any atom is 0.222 e. The Morgan fingerprint density at radius 3 is 2.21 bits per heavy atom. The van der Waals surface area contributed by atoms with Crippen molar-refractivity contribution in [1.82, 2.24) is 4.90 Å². The molecular formula is C16H25NO2. The minimum absolute atomic E-state index is 0.115. The third-order valence-electron chi connectivity index (χ3n) is 3.44. The van der Waals surface area contributed by atoms with Crippen LogP contribution < -0.4 is 0 Å². The Balaban J connectivity index is 2.64. The normalized spacial score (nSPS) is 12.3. The van der Waals surface area contributed by atoms with E-state index in [1.54, 1.807) is 19.0 Å². The van der Waals surface area contributed by atoms with Crippen LogP contribution in [-0.4, -0.2) is 30.0 Å². The lowest BCUT2D eigenvalue weighted by Gasteiger charge is -2.18. The molecule has 0 aliphatic carbocycles. The fraction of sp³-hybridized carbons (Fsp3) is 0.562. The van der Waals surface area contributed by atoms with E-state index in [-0.39, 0.29) is 5.91 Å². The summed E-state index contributed by atoms with van der Waals surface area (Å²) in [7, 11) is 3.51. The van der Waals surface area contributed by atoms with Crippen LogP contribution in [0.4, 0.5) is 0 Å². The van der Waals surface area contributed by atoms with Gasteiger partial charge >= 0.3 is 0 Å². The Morgan fingerprint density at radius 2 is 1.74 bits per heavy atom. The summed E-state index contributed by atoms with van der Waals surface area (Å²) in [4.78, 5) is 13.1. The summed E-state index contributed by atoms with van der Waals surface area (Å²) in [5.41, 5.74) is 4.49. The van der Waals surface area contributed by atoms with Crippen molar-refractivity contribution in [3.05, 3.63) is 34.4 Å². The molecule has 3 nitrogen and oxygen atoms in total. The van der Waals surface area contributed by atoms with Crippen molar-refractivity contribution in [2.45, 2.75) is 46.1 Å². The van der Waals surface area contributed by atoms with E-state index in [1.165, 1.54) is 5.56 Å². The van der Waals surface area contributed by atoms with Crippen molar-refractivity contribution in [1.29, 1.82) is 0 Å². The molecule has 0 aliphatic heterocycles. The van der Waals surface area contributed by atoms with E-state index in [0.717, 1.165) is 16.7 Å². The summed E-state index contributed by atoms with van der Waals surface area (Å²) in [6, 6.07) is 4.19. The Morgan fingerprint density at radius 1 is 1.21 bits per heavy atom. The summed E-state index contributed by atoms with van der Waals surface area (Å²) in [6.45, 7) is 6.12. The average Bonchev–Trinajstić information content (AvgIpc) is 2.26. The van der Waals surface area contributed by atoms with Crippen molar-refractivity contribution in [3.63, 3.8) is 0 Å². The topological polar surface area (TPSA) is 40.5 Å². The third kappa shape index (κ3) is 4.35. The van der Waals surface area contributed by atoms with Crippen LogP contribution in [0.15, 0.2) is 12.1 Å². The standard InChI is InChI=1S/C16H25NO2/c1-11-9-12(2)16(13(3)10-11)14(18)7-6-8-15(19)17(4)5/h9-10,14,18H,6-8H2,1-5H3. The molecule has 0 saturated carbocycles. The molecule has 19 heavy (non-hydrogen) atoms. The van der Waals surface area contributed by atoms with Gasteiger partial charge in [0.1, 0.15) is 0 Å². The van der Waals surface area contributed by atoms with Gasteiger partial charge in [0.2, 0.25) is 5.91 Å². The van der Waals surface area contributed by atoms with Gasteiger partial charge in [-0.05, 0) is 50.3 Å². The van der Waals surface area contributed by atoms with Crippen LogP contribution in [0, 0.1) is 20.8 Å². The highest BCUT2D eigenvalue weighted by molar-refractivity contribution is 5.75. The molecule has 0 aliphatic rings. The Hall–Kier alpha value is -1.35. The van der Waals surface area contributed by atoms with Crippen molar-refractivity contribution < 1.29 is 9.90 Å². The van der Waals surface area contributed by atoms with Gasteiger partial charge in [0.05, 0.1) is 6.10 Å². The fourth-order valence-corrected chi connectivity index (χ4v) is 2.53. The van der Waals surface area contributed by atoms with Crippen LogP contribution in [0.2, 0.25) is 0 Å². The Kier molecular flexibility index (Phi) is 5.55. The van der Waals surface area contributed by atoms with E-state index in [9.17, 15) is 9.90 Å². The Bertz CT molecular complexity index is 429. The maximum absolute atomic E-state index is 11.5. The van der Waals surface area contributed by atoms with Crippen molar-refractivity contribution in [2.24, 2.45) is 0 Å². The molecule has 0 bridgehead atoms. The smallest absolute Gasteiger partial charge is 0.222 e. The van der Waals surface area contributed by atoms with Gasteiger partial charge in [-0.25, -0.2) is 0 Å². The summed E-state index contributed by atoms with van der Waals surface area (Å²) in [5, 5.41) is 10.3. The quantitative estimate of drug-likeness (QED) is 0.887. The third-order valence-corrected chi connectivity index (χ3v) is 3.44. The van der Waals surface area contributed by atoms with Gasteiger partial charge in [0.15, 0.2) is 0 Å². The van der Waals surface area contributed by atoms with Crippen LogP contribution in [0.3, 0.4) is 0 Å². The van der Waals surface area contributed by atoms with Crippen LogP contribution in [-0.2, 0) is 4.79 Å². The molecule has 106 valence electrons. The first-order chi connectivity index (χ1) is 8.82. The molecule has 3 heteroatoms. The zero-order valence-electron chi connectivity index (χ0n) is 12.7. The molecule has 1 rings (SSSR count). The predicted molar refractivity (Wildman–Crippen MR) is 78.2 cm³/mol. The first-order valence-corrected chi connectivity index (χ1v) is 6.79. The van der Waals surface area contributed by atoms with Gasteiger partial charge in [0.25, 0.3) is 0 Å². The number of rotatable bonds is 5. The summed E-state index contributed by atoms with van der Waals surface area (Å²) < 4.78 is 0. The number of aryl methyl sites for hydroxylation is 3. The highest BCUT2D eigenvalue weighted by atomic mass is 16.3. The van der Waals surface area contributed by atoms with Crippen molar-refractivity contribution in [2.75, 3.05) is 14.1 Å². The van der Waals surface area contributed by atoms with E-state index >= 15 is 0 Å². The van der Waals surface area contributed by atoms with Crippen LogP contribution in [0.5, 0.6) is 0 Å². The van der Waals surface area contributed by atoms with E-state index in [2.05, 4.69) is 19.1 Å². The van der Waals surface area contributed by atoms with Crippen LogP contribution in [0.1, 0.15) is 47.6 Å². The number of hydrogen-bond donors (Lipinski definition) is 1. The molecule has 1 amide bonds. The molecule has 1 unspecified atom stereocenters. The van der Waals surface area contributed by atoms with Gasteiger partial charge in [-0.3, -0.25) is 4.79 Å². The number of benzene rings is 1. The summed E-state index contributed by atoms with van der Waals surface area (Å²) in [6.07, 6.45) is 1.36. The number of aliphatic hydroxyl groups is 1. The molecule has 0 radical (unpaired) electrons. The second-order valence-electron chi connectivity index (χ2n) is 5.51. The molecule has 1 N–H and O–H groups in total. The molecule has 1 aromatic rings. The fourth-order valence-electron chi connectivity index (χ4n) is 2.53. The first-order valence-electron chi connectivity index (χ1n) is 6.79. The minimum Gasteiger partial charge on any atom is -0.388 e. The molecule has 0 spiro atoms. The molecule has 1 atom stereocenters. The second-order valence-corrected chi connectivity index (χ2v) is 5.51. The van der Waals surface area contributed by atoms with E-state index < -0.39 is 6.10 Å². The highest BCUT2D eigenvalue weighted by Crippen LogP contribution is 2.27. The number of nitrogens with zero attached hydrogens (tertiary/aromatic N) is 1. The lowest BCUT2D eigenvalue weighted by atomic mass is 9.93. The van der Waals surface area contributed by atoms with Crippen molar-refractivity contribution in [3.8, 4) is 0 Å². The number of amides is 1. The van der Waals surface area contributed by atoms with Gasteiger partial charge < -0.3 is 10.0 Å². The monoisotopic (exact) mass is 263 g/mol. The SMILES string of the molecule is Cc1cc(C)c(C(O)CCCC(=O)N(C)C)c(C)c1. The lowest BCUT2D eigenvalue weighted by Crippen LogP contribution is -2.21. The highest BCUT2D eigenvalue weighted by Gasteiger charge is 2.14. The van der Waals surface area contributed by atoms with Gasteiger partial charge in [-0.15, -0.1) is 0 Å². The zero-order valence-corrected chi connectivity index (χ0v) is 12.7. The van der Waals surface area contributed by atoms with Gasteiger partial charge in [-0.1, -0.05) is 17.7 Å². The zero-order chi connectivity index (χ0) is 14.6. The summed E-state index contributed by atoms with van der Waals surface area (Å²) >= 11 is 0. The predicted octanol–water partition coefficient (Wildman–Crippen LogP) is 2.90. The molecule has 0 heterocycles. The summed E-state index contributed by atoms with van der Waals surface area (Å²) in [5.74, 6) is 0.115. The molecule has 1 aromatic carbocycles. The van der Waals surface area contributed by atoms with Gasteiger partial charge in [0, 0.05) is 20.5 Å². The number of carbonyl (C=O) groups excluding carboxylic acids is 1. The Labute approximate surface area is 116 Å². The lowest BCUT2D eigenvalue weighted by molar-refractivity contribution is -0.128. The molecular weight excluding hydrogens is 238 g/mol. The maximum atomic E-state index is 11.5. The second kappa shape index (κ2) is 6.71. The number of carbonyl (C=O) groups is 1. The van der Waals surface area contributed by atoms with E-state index in [0.29, 0.717) is 19.3 Å². The van der Waals surface area contributed by atoms with Crippen LogP contribution >= 0.6 is 0 Å². The van der Waals surface area contributed by atoms with E-state index in [4.69, 9.17) is 0 Å². The van der Waals surface area contributed by atoms with Crippen molar-refractivity contribution >= 4 is 5.91 Å². The average molecular weight is 263 g/mol. The number of aliphatic hydroxyl groups excluding tert-OH is 1. The van der Waals surface area contributed by atoms with Crippen LogP contribution in [0.25, 0.3) is 0 Å². The molecule has 0 fully saturated rings. The van der Waals surface area contributed by atoms with E-state index in [1.807, 2.05) is 13.8 Å². The van der Waals surface area contributed by atoms with Gasteiger partial charge in [-0.2, -0.15) is 0 Å². The first kappa shape index (κ1) is 15.7.